The molecular formula is C15H20LiN. The van der Waals surface area contributed by atoms with Gasteiger partial charge in [0.2, 0.25) is 0 Å². The monoisotopic (exact) mass is 221 g/mol. The molecule has 0 bridgehead atoms. The predicted octanol–water partition coefficient (Wildman–Crippen LogP) is 0.933. The van der Waals surface area contributed by atoms with Gasteiger partial charge in [-0.15, -0.1) is 17.7 Å². The van der Waals surface area contributed by atoms with Crippen LogP contribution in [-0.2, 0) is 0 Å². The maximum Gasteiger partial charge on any atom is 1.00 e. The fourth-order valence-corrected chi connectivity index (χ4v) is 2.26. The Kier molecular flexibility index (Phi) is 5.89. The molecule has 1 aromatic carbocycles. The molecule has 0 saturated heterocycles. The summed E-state index contributed by atoms with van der Waals surface area (Å²) in [4.78, 5) is 4.69. The fourth-order valence-electron chi connectivity index (χ4n) is 2.26. The maximum atomic E-state index is 4.69. The first-order valence-corrected chi connectivity index (χ1v) is 6.22. The van der Waals surface area contributed by atoms with E-state index in [4.69, 9.17) is 4.99 Å². The molecular weight excluding hydrogens is 201 g/mol. The maximum absolute atomic E-state index is 4.69. The van der Waals surface area contributed by atoms with Crippen molar-refractivity contribution >= 4 is 6.21 Å². The van der Waals surface area contributed by atoms with Crippen molar-refractivity contribution in [2.45, 2.75) is 45.1 Å². The molecule has 2 rings (SSSR count). The van der Waals surface area contributed by atoms with E-state index in [2.05, 4.69) is 32.0 Å². The zero-order valence-electron chi connectivity index (χ0n) is 11.1. The van der Waals surface area contributed by atoms with Crippen LogP contribution in [0.1, 0.15) is 48.8 Å². The average molecular weight is 221 g/mol. The van der Waals surface area contributed by atoms with Crippen LogP contribution in [0.15, 0.2) is 23.2 Å². The van der Waals surface area contributed by atoms with E-state index in [9.17, 15) is 0 Å². The zero-order chi connectivity index (χ0) is 11.4. The summed E-state index contributed by atoms with van der Waals surface area (Å²) in [5.74, 6) is 0. The van der Waals surface area contributed by atoms with Crippen LogP contribution in [0.5, 0.6) is 0 Å². The molecule has 0 aliphatic heterocycles. The fraction of sp³-hybridized carbons (Fsp3) is 0.467. The van der Waals surface area contributed by atoms with Crippen LogP contribution in [0.3, 0.4) is 0 Å². The summed E-state index contributed by atoms with van der Waals surface area (Å²) < 4.78 is 0. The molecule has 0 spiro atoms. The topological polar surface area (TPSA) is 12.4 Å². The van der Waals surface area contributed by atoms with E-state index in [-0.39, 0.29) is 18.9 Å². The molecule has 17 heavy (non-hydrogen) atoms. The number of nitrogens with zero attached hydrogens (tertiary/aromatic N) is 1. The Balaban J connectivity index is 0.00000144. The van der Waals surface area contributed by atoms with Crippen LogP contribution in [0.4, 0.5) is 0 Å². The quantitative estimate of drug-likeness (QED) is 0.400. The standard InChI is InChI=1S/C15H20N.Li/c1-12-7-6-8-14(13(12)2)11-16-15-9-4-3-5-10-15;/h6-8,11,15H,2-5,9-10H2,1H3;/q-1;+1. The summed E-state index contributed by atoms with van der Waals surface area (Å²) in [5.41, 5.74) is 3.53. The molecule has 1 saturated carbocycles. The van der Waals surface area contributed by atoms with Gasteiger partial charge >= 0.3 is 18.9 Å². The molecule has 0 radical (unpaired) electrons. The van der Waals surface area contributed by atoms with E-state index < -0.39 is 0 Å². The van der Waals surface area contributed by atoms with E-state index in [0.29, 0.717) is 6.04 Å². The summed E-state index contributed by atoms with van der Waals surface area (Å²) in [6, 6.07) is 6.82. The van der Waals surface area contributed by atoms with Crippen molar-refractivity contribution in [3.8, 4) is 0 Å². The Morgan fingerprint density at radius 2 is 1.94 bits per heavy atom. The molecule has 0 heterocycles. The average Bonchev–Trinajstić information content (AvgIpc) is 2.32. The summed E-state index contributed by atoms with van der Waals surface area (Å²) in [7, 11) is 0. The third-order valence-corrected chi connectivity index (χ3v) is 3.45. The molecule has 86 valence electrons. The van der Waals surface area contributed by atoms with Crippen molar-refractivity contribution in [1.82, 2.24) is 0 Å². The second-order valence-electron chi connectivity index (χ2n) is 4.71. The van der Waals surface area contributed by atoms with Crippen molar-refractivity contribution in [3.63, 3.8) is 0 Å². The minimum atomic E-state index is 0. The minimum Gasteiger partial charge on any atom is -0.302 e. The summed E-state index contributed by atoms with van der Waals surface area (Å²) in [5, 5.41) is 0. The molecule has 1 aliphatic rings. The van der Waals surface area contributed by atoms with Gasteiger partial charge in [0.15, 0.2) is 0 Å². The first-order chi connectivity index (χ1) is 7.77. The van der Waals surface area contributed by atoms with Gasteiger partial charge < -0.3 is 4.99 Å². The molecule has 1 aromatic rings. The van der Waals surface area contributed by atoms with Crippen LogP contribution in [0.25, 0.3) is 0 Å². The number of hydrogen-bond acceptors (Lipinski definition) is 1. The van der Waals surface area contributed by atoms with Crippen molar-refractivity contribution in [3.05, 3.63) is 41.8 Å². The van der Waals surface area contributed by atoms with Crippen molar-refractivity contribution in [2.75, 3.05) is 0 Å². The second kappa shape index (κ2) is 6.94. The number of aliphatic imine (C=N–C) groups is 1. The normalized spacial score (nSPS) is 17.0. The summed E-state index contributed by atoms with van der Waals surface area (Å²) in [6.45, 7) is 6.19. The molecule has 0 N–H and O–H groups in total. The molecule has 0 amide bonds. The van der Waals surface area contributed by atoms with E-state index in [1.807, 2.05) is 6.21 Å². The third-order valence-electron chi connectivity index (χ3n) is 3.45. The molecule has 2 heteroatoms. The second-order valence-corrected chi connectivity index (χ2v) is 4.71. The van der Waals surface area contributed by atoms with Crippen LogP contribution in [0.2, 0.25) is 0 Å². The number of benzene rings is 1. The van der Waals surface area contributed by atoms with E-state index in [0.717, 1.165) is 5.56 Å². The van der Waals surface area contributed by atoms with Crippen molar-refractivity contribution < 1.29 is 18.9 Å². The first kappa shape index (κ1) is 14.4. The van der Waals surface area contributed by atoms with Gasteiger partial charge in [-0.25, -0.2) is 0 Å². The molecule has 0 unspecified atom stereocenters. The summed E-state index contributed by atoms with van der Waals surface area (Å²) in [6.07, 6.45) is 8.60. The molecule has 1 nitrogen and oxygen atoms in total. The van der Waals surface area contributed by atoms with Gasteiger partial charge in [0.1, 0.15) is 0 Å². The van der Waals surface area contributed by atoms with Gasteiger partial charge in [0, 0.05) is 6.04 Å². The van der Waals surface area contributed by atoms with Crippen LogP contribution in [-0.4, -0.2) is 12.3 Å². The van der Waals surface area contributed by atoms with Gasteiger partial charge in [-0.1, -0.05) is 32.3 Å². The number of hydrogen-bond donors (Lipinski definition) is 0. The minimum absolute atomic E-state index is 0. The first-order valence-electron chi connectivity index (χ1n) is 6.22. The smallest absolute Gasteiger partial charge is 0.302 e. The molecule has 1 aliphatic carbocycles. The van der Waals surface area contributed by atoms with Crippen molar-refractivity contribution in [2.24, 2.45) is 4.99 Å². The molecule has 1 fully saturated rings. The Labute approximate surface area is 117 Å². The number of aryl methyl sites for hydroxylation is 1. The molecule has 0 aromatic heterocycles. The van der Waals surface area contributed by atoms with Crippen LogP contribution in [0, 0.1) is 13.8 Å². The van der Waals surface area contributed by atoms with Gasteiger partial charge in [0.25, 0.3) is 0 Å². The van der Waals surface area contributed by atoms with E-state index in [1.165, 1.54) is 43.2 Å². The Morgan fingerprint density at radius 1 is 1.24 bits per heavy atom. The largest absolute Gasteiger partial charge is 1.00 e. The summed E-state index contributed by atoms with van der Waals surface area (Å²) >= 11 is 0. The Morgan fingerprint density at radius 3 is 2.65 bits per heavy atom. The zero-order valence-corrected chi connectivity index (χ0v) is 11.1. The third kappa shape index (κ3) is 3.94. The van der Waals surface area contributed by atoms with Gasteiger partial charge in [-0.05, 0) is 19.1 Å². The molecule has 0 atom stereocenters. The Hall–Kier alpha value is -0.643. The van der Waals surface area contributed by atoms with Gasteiger partial charge in [-0.3, -0.25) is 0 Å². The van der Waals surface area contributed by atoms with Crippen LogP contribution >= 0.6 is 0 Å². The van der Waals surface area contributed by atoms with E-state index in [1.54, 1.807) is 0 Å². The van der Waals surface area contributed by atoms with Crippen molar-refractivity contribution in [1.29, 1.82) is 0 Å². The van der Waals surface area contributed by atoms with Crippen LogP contribution < -0.4 is 18.9 Å². The van der Waals surface area contributed by atoms with Gasteiger partial charge in [0.05, 0.1) is 0 Å². The SMILES string of the molecule is [CH2-]c1c(C)cccc1C=NC1CCCCC1.[Li+]. The van der Waals surface area contributed by atoms with E-state index >= 15 is 0 Å². The number of rotatable bonds is 2. The predicted molar refractivity (Wildman–Crippen MR) is 70.1 cm³/mol. The Bertz CT molecular complexity index is 379. The van der Waals surface area contributed by atoms with Gasteiger partial charge in [-0.2, -0.15) is 18.1 Å².